The Balaban J connectivity index is 2.00. The number of aromatic nitrogens is 2. The summed E-state index contributed by atoms with van der Waals surface area (Å²) in [6, 6.07) is 1.95. The Kier molecular flexibility index (Phi) is 4.71. The molecule has 2 aromatic heterocycles. The van der Waals surface area contributed by atoms with Gasteiger partial charge in [-0.15, -0.1) is 11.3 Å². The second kappa shape index (κ2) is 6.29. The van der Waals surface area contributed by atoms with E-state index in [0.717, 1.165) is 10.2 Å². The van der Waals surface area contributed by atoms with Crippen molar-refractivity contribution in [3.05, 3.63) is 16.7 Å². The minimum absolute atomic E-state index is 0.227. The molecule has 0 spiro atoms. The highest BCUT2D eigenvalue weighted by Crippen LogP contribution is 2.26. The molecule has 98 valence electrons. The number of rotatable bonds is 6. The maximum absolute atomic E-state index is 9.53. The highest BCUT2D eigenvalue weighted by molar-refractivity contribution is 7.16. The second-order valence-electron chi connectivity index (χ2n) is 3.81. The normalized spacial score (nSPS) is 12.8. The van der Waals surface area contributed by atoms with E-state index in [1.807, 2.05) is 11.4 Å². The molecule has 0 saturated heterocycles. The van der Waals surface area contributed by atoms with Crippen molar-refractivity contribution in [1.82, 2.24) is 9.97 Å². The fraction of sp³-hybridized carbons (Fsp3) is 0.455. The van der Waals surface area contributed by atoms with Crippen LogP contribution in [0.2, 0.25) is 5.28 Å². The standard InChI is InChI=1S/C11H14ClN3O2S/c1-17-6-7(16)2-4-13-9-8-3-5-18-10(8)15-11(12)14-9/h3,5,7,16H,2,4,6H2,1H3,(H,13,14,15). The number of hydrogen-bond acceptors (Lipinski definition) is 6. The first-order valence-electron chi connectivity index (χ1n) is 5.52. The van der Waals surface area contributed by atoms with E-state index in [-0.39, 0.29) is 5.28 Å². The molecule has 7 heteroatoms. The van der Waals surface area contributed by atoms with E-state index in [1.54, 1.807) is 7.11 Å². The number of ether oxygens (including phenoxy) is 1. The summed E-state index contributed by atoms with van der Waals surface area (Å²) in [7, 11) is 1.57. The molecule has 0 aromatic carbocycles. The number of methoxy groups -OCH3 is 1. The van der Waals surface area contributed by atoms with Crippen molar-refractivity contribution in [2.24, 2.45) is 0 Å². The molecule has 0 amide bonds. The summed E-state index contributed by atoms with van der Waals surface area (Å²) in [5.41, 5.74) is 0. The van der Waals surface area contributed by atoms with Crippen LogP contribution in [0.4, 0.5) is 5.82 Å². The van der Waals surface area contributed by atoms with E-state index in [9.17, 15) is 5.11 Å². The summed E-state index contributed by atoms with van der Waals surface area (Å²) in [5.74, 6) is 0.705. The summed E-state index contributed by atoms with van der Waals surface area (Å²) < 4.78 is 4.86. The predicted molar refractivity (Wildman–Crippen MR) is 73.4 cm³/mol. The van der Waals surface area contributed by atoms with Crippen LogP contribution in [0.15, 0.2) is 11.4 Å². The molecule has 1 atom stereocenters. The molecule has 0 aliphatic rings. The van der Waals surface area contributed by atoms with Gasteiger partial charge in [-0.2, -0.15) is 0 Å². The molecule has 0 radical (unpaired) electrons. The number of fused-ring (bicyclic) bond motifs is 1. The van der Waals surface area contributed by atoms with E-state index in [2.05, 4.69) is 15.3 Å². The third-order valence-corrected chi connectivity index (χ3v) is 3.40. The molecule has 0 fully saturated rings. The number of aliphatic hydroxyl groups is 1. The van der Waals surface area contributed by atoms with Gasteiger partial charge in [-0.05, 0) is 29.5 Å². The molecule has 2 aromatic rings. The van der Waals surface area contributed by atoms with Crippen molar-refractivity contribution < 1.29 is 9.84 Å². The van der Waals surface area contributed by atoms with E-state index in [1.165, 1.54) is 11.3 Å². The zero-order valence-electron chi connectivity index (χ0n) is 9.89. The molecule has 2 heterocycles. The zero-order chi connectivity index (χ0) is 13.0. The lowest BCUT2D eigenvalue weighted by molar-refractivity contribution is 0.0615. The van der Waals surface area contributed by atoms with Gasteiger partial charge in [0.1, 0.15) is 10.6 Å². The summed E-state index contributed by atoms with van der Waals surface area (Å²) >= 11 is 7.37. The average molecular weight is 288 g/mol. The molecule has 0 aliphatic carbocycles. The fourth-order valence-electron chi connectivity index (χ4n) is 1.60. The van der Waals surface area contributed by atoms with Crippen LogP contribution in [-0.4, -0.2) is 41.4 Å². The molecule has 18 heavy (non-hydrogen) atoms. The Bertz CT molecular complexity index is 520. The monoisotopic (exact) mass is 287 g/mol. The first kappa shape index (κ1) is 13.5. The van der Waals surface area contributed by atoms with E-state index in [4.69, 9.17) is 16.3 Å². The van der Waals surface area contributed by atoms with Crippen molar-refractivity contribution in [3.8, 4) is 0 Å². The van der Waals surface area contributed by atoms with Crippen LogP contribution >= 0.6 is 22.9 Å². The third kappa shape index (κ3) is 3.29. The Morgan fingerprint density at radius 3 is 3.17 bits per heavy atom. The van der Waals surface area contributed by atoms with Gasteiger partial charge in [-0.1, -0.05) is 0 Å². The number of thiophene rings is 1. The number of nitrogens with zero attached hydrogens (tertiary/aromatic N) is 2. The highest BCUT2D eigenvalue weighted by atomic mass is 35.5. The van der Waals surface area contributed by atoms with Gasteiger partial charge in [-0.25, -0.2) is 9.97 Å². The lowest BCUT2D eigenvalue weighted by atomic mass is 10.2. The van der Waals surface area contributed by atoms with Crippen LogP contribution in [0.5, 0.6) is 0 Å². The largest absolute Gasteiger partial charge is 0.391 e. The molecule has 0 saturated carbocycles. The fourth-order valence-corrected chi connectivity index (χ4v) is 2.58. The number of anilines is 1. The summed E-state index contributed by atoms with van der Waals surface area (Å²) in [6.45, 7) is 0.933. The minimum Gasteiger partial charge on any atom is -0.391 e. The third-order valence-electron chi connectivity index (χ3n) is 2.43. The van der Waals surface area contributed by atoms with Crippen molar-refractivity contribution in [1.29, 1.82) is 0 Å². The lowest BCUT2D eigenvalue weighted by Gasteiger charge is -2.11. The van der Waals surface area contributed by atoms with Gasteiger partial charge in [-0.3, -0.25) is 0 Å². The summed E-state index contributed by atoms with van der Waals surface area (Å²) in [6.07, 6.45) is 0.110. The first-order chi connectivity index (χ1) is 8.70. The molecule has 0 aliphatic heterocycles. The Morgan fingerprint density at radius 2 is 2.39 bits per heavy atom. The van der Waals surface area contributed by atoms with Gasteiger partial charge in [0.05, 0.1) is 18.1 Å². The average Bonchev–Trinajstić information content (AvgIpc) is 2.77. The van der Waals surface area contributed by atoms with Crippen LogP contribution in [0.3, 0.4) is 0 Å². The SMILES string of the molecule is COCC(O)CCNc1nc(Cl)nc2sccc12. The first-order valence-corrected chi connectivity index (χ1v) is 6.78. The Morgan fingerprint density at radius 1 is 1.56 bits per heavy atom. The molecule has 0 bridgehead atoms. The van der Waals surface area contributed by atoms with Crippen molar-refractivity contribution in [3.63, 3.8) is 0 Å². The van der Waals surface area contributed by atoms with Gasteiger partial charge in [0.15, 0.2) is 0 Å². The number of nitrogens with one attached hydrogen (secondary N) is 1. The highest BCUT2D eigenvalue weighted by Gasteiger charge is 2.08. The second-order valence-corrected chi connectivity index (χ2v) is 5.04. The van der Waals surface area contributed by atoms with Crippen LogP contribution in [0.1, 0.15) is 6.42 Å². The van der Waals surface area contributed by atoms with E-state index in [0.29, 0.717) is 25.4 Å². The predicted octanol–water partition coefficient (Wildman–Crippen LogP) is 2.15. The minimum atomic E-state index is -0.474. The topological polar surface area (TPSA) is 67.3 Å². The number of hydrogen-bond donors (Lipinski definition) is 2. The maximum atomic E-state index is 9.53. The summed E-state index contributed by atoms with van der Waals surface area (Å²) in [4.78, 5) is 9.14. The van der Waals surface area contributed by atoms with Crippen LogP contribution in [-0.2, 0) is 4.74 Å². The Hall–Kier alpha value is -0.950. The molecule has 2 rings (SSSR count). The van der Waals surface area contributed by atoms with Crippen LogP contribution in [0, 0.1) is 0 Å². The van der Waals surface area contributed by atoms with Gasteiger partial charge < -0.3 is 15.2 Å². The van der Waals surface area contributed by atoms with E-state index < -0.39 is 6.10 Å². The molecule has 1 unspecified atom stereocenters. The van der Waals surface area contributed by atoms with Crippen molar-refractivity contribution in [2.75, 3.05) is 25.6 Å². The molecular weight excluding hydrogens is 274 g/mol. The van der Waals surface area contributed by atoms with Gasteiger partial charge >= 0.3 is 0 Å². The Labute approximate surface area is 114 Å². The molecule has 2 N–H and O–H groups in total. The van der Waals surface area contributed by atoms with Crippen molar-refractivity contribution >= 4 is 39.0 Å². The molecular formula is C11H14ClN3O2S. The number of halogens is 1. The van der Waals surface area contributed by atoms with E-state index >= 15 is 0 Å². The lowest BCUT2D eigenvalue weighted by Crippen LogP contribution is -2.18. The maximum Gasteiger partial charge on any atom is 0.225 e. The van der Waals surface area contributed by atoms with Gasteiger partial charge in [0.25, 0.3) is 0 Å². The van der Waals surface area contributed by atoms with Crippen LogP contribution < -0.4 is 5.32 Å². The van der Waals surface area contributed by atoms with Gasteiger partial charge in [0.2, 0.25) is 5.28 Å². The van der Waals surface area contributed by atoms with Crippen molar-refractivity contribution in [2.45, 2.75) is 12.5 Å². The zero-order valence-corrected chi connectivity index (χ0v) is 11.5. The summed E-state index contributed by atoms with van der Waals surface area (Å²) in [5, 5.41) is 15.8. The molecule has 5 nitrogen and oxygen atoms in total. The van der Waals surface area contributed by atoms with Gasteiger partial charge in [0, 0.05) is 13.7 Å². The van der Waals surface area contributed by atoms with Crippen LogP contribution in [0.25, 0.3) is 10.2 Å². The number of aliphatic hydroxyl groups excluding tert-OH is 1. The smallest absolute Gasteiger partial charge is 0.225 e. The quantitative estimate of drug-likeness (QED) is 0.797.